The van der Waals surface area contributed by atoms with Gasteiger partial charge in [-0.1, -0.05) is 12.1 Å². The molecule has 1 aromatic carbocycles. The monoisotopic (exact) mass is 532 g/mol. The zero-order valence-electron chi connectivity index (χ0n) is 6.23. The van der Waals surface area contributed by atoms with Crippen molar-refractivity contribution in [1.82, 2.24) is 0 Å². The van der Waals surface area contributed by atoms with E-state index in [1.165, 1.54) is 0 Å². The van der Waals surface area contributed by atoms with Crippen molar-refractivity contribution in [2.45, 2.75) is -0.565 Å². The van der Waals surface area contributed by atoms with Crippen LogP contribution in [0.4, 0.5) is 0 Å². The SMILES string of the molecule is O=C(Cl)c1ccc(C(I)(I)I)cc1. The van der Waals surface area contributed by atoms with Gasteiger partial charge in [0, 0.05) is 5.56 Å². The van der Waals surface area contributed by atoms with E-state index < -0.39 is 5.24 Å². The molecule has 0 bridgehead atoms. The number of alkyl halides is 3. The van der Waals surface area contributed by atoms with Crippen molar-refractivity contribution in [3.05, 3.63) is 35.4 Å². The molecular formula is C8H4ClI3O. The summed E-state index contributed by atoms with van der Waals surface area (Å²) in [4.78, 5) is 10.8. The van der Waals surface area contributed by atoms with E-state index in [2.05, 4.69) is 67.8 Å². The van der Waals surface area contributed by atoms with Crippen LogP contribution in [-0.4, -0.2) is 5.24 Å². The standard InChI is InChI=1S/C8H4ClI3O/c9-7(13)5-1-3-6(4-2-5)8(10,11)12/h1-4H. The third-order valence-electron chi connectivity index (χ3n) is 1.44. The van der Waals surface area contributed by atoms with Crippen LogP contribution in [0.5, 0.6) is 0 Å². The number of carbonyl (C=O) groups excluding carboxylic acids is 1. The Kier molecular flexibility index (Phi) is 4.72. The third-order valence-corrected chi connectivity index (χ3v) is 3.53. The van der Waals surface area contributed by atoms with Gasteiger partial charge in [0.25, 0.3) is 5.24 Å². The van der Waals surface area contributed by atoms with Gasteiger partial charge in [0.1, 0.15) is -0.565 Å². The first-order chi connectivity index (χ1) is 5.91. The highest BCUT2D eigenvalue weighted by atomic mass is 127. The quantitative estimate of drug-likeness (QED) is 0.312. The molecule has 1 aromatic rings. The van der Waals surface area contributed by atoms with E-state index in [1.54, 1.807) is 12.1 Å². The van der Waals surface area contributed by atoms with E-state index in [0.29, 0.717) is 5.56 Å². The van der Waals surface area contributed by atoms with Crippen molar-refractivity contribution >= 4 is 84.6 Å². The zero-order chi connectivity index (χ0) is 10.1. The fourth-order valence-corrected chi connectivity index (χ4v) is 1.99. The molecule has 5 heteroatoms. The predicted octanol–water partition coefficient (Wildman–Crippen LogP) is 4.48. The topological polar surface area (TPSA) is 17.1 Å². The van der Waals surface area contributed by atoms with Gasteiger partial charge in [0.2, 0.25) is 0 Å². The van der Waals surface area contributed by atoms with Gasteiger partial charge in [0.15, 0.2) is 0 Å². The molecule has 0 radical (unpaired) electrons. The molecule has 0 unspecified atom stereocenters. The second-order valence-corrected chi connectivity index (χ2v) is 13.7. The summed E-state index contributed by atoms with van der Waals surface area (Å²) in [5.74, 6) is 0. The lowest BCUT2D eigenvalue weighted by atomic mass is 10.2. The molecule has 1 rings (SSSR count). The maximum absolute atomic E-state index is 10.8. The molecule has 0 saturated carbocycles. The maximum Gasteiger partial charge on any atom is 0.252 e. The van der Waals surface area contributed by atoms with E-state index in [1.807, 2.05) is 12.1 Å². The molecule has 70 valence electrons. The molecule has 13 heavy (non-hydrogen) atoms. The van der Waals surface area contributed by atoms with Crippen LogP contribution in [0.1, 0.15) is 15.9 Å². The van der Waals surface area contributed by atoms with E-state index in [4.69, 9.17) is 11.6 Å². The van der Waals surface area contributed by atoms with Crippen molar-refractivity contribution in [2.24, 2.45) is 0 Å². The van der Waals surface area contributed by atoms with E-state index in [0.717, 1.165) is 5.56 Å². The Morgan fingerprint density at radius 1 is 1.15 bits per heavy atom. The molecule has 0 aliphatic carbocycles. The summed E-state index contributed by atoms with van der Waals surface area (Å²) in [5.41, 5.74) is 1.70. The summed E-state index contributed by atoms with van der Waals surface area (Å²) in [6.45, 7) is 0. The largest absolute Gasteiger partial charge is 0.276 e. The summed E-state index contributed by atoms with van der Waals surface area (Å²) in [7, 11) is 0. The molecule has 0 heterocycles. The third kappa shape index (κ3) is 3.78. The van der Waals surface area contributed by atoms with Crippen molar-refractivity contribution in [3.8, 4) is 0 Å². The molecule has 1 nitrogen and oxygen atoms in total. The van der Waals surface area contributed by atoms with Crippen LogP contribution in [0.2, 0.25) is 0 Å². The summed E-state index contributed by atoms with van der Waals surface area (Å²) >= 11 is 12.3. The minimum atomic E-state index is -0.410. The first-order valence-corrected chi connectivity index (χ1v) is 6.90. The van der Waals surface area contributed by atoms with Gasteiger partial charge in [-0.25, -0.2) is 0 Å². The van der Waals surface area contributed by atoms with Gasteiger partial charge in [-0.3, -0.25) is 4.79 Å². The van der Waals surface area contributed by atoms with Crippen LogP contribution in [0.3, 0.4) is 0 Å². The molecule has 0 atom stereocenters. The lowest BCUT2D eigenvalue weighted by Gasteiger charge is -2.12. The van der Waals surface area contributed by atoms with Crippen molar-refractivity contribution < 1.29 is 4.79 Å². The molecule has 0 aliphatic heterocycles. The Balaban J connectivity index is 3.01. The fraction of sp³-hybridized carbons (Fsp3) is 0.125. The van der Waals surface area contributed by atoms with Crippen molar-refractivity contribution in [1.29, 1.82) is 0 Å². The van der Waals surface area contributed by atoms with Gasteiger partial charge in [0.05, 0.1) is 0 Å². The maximum atomic E-state index is 10.8. The first kappa shape index (κ1) is 12.4. The number of rotatable bonds is 2. The minimum absolute atomic E-state index is 0.0289. The molecule has 0 amide bonds. The van der Waals surface area contributed by atoms with Crippen LogP contribution in [-0.2, 0) is -0.565 Å². The summed E-state index contributed by atoms with van der Waals surface area (Å²) in [5, 5.41) is -0.410. The lowest BCUT2D eigenvalue weighted by molar-refractivity contribution is 0.108. The van der Waals surface area contributed by atoms with Gasteiger partial charge < -0.3 is 0 Å². The number of halogens is 4. The van der Waals surface area contributed by atoms with Crippen molar-refractivity contribution in [2.75, 3.05) is 0 Å². The van der Waals surface area contributed by atoms with Crippen LogP contribution in [0.15, 0.2) is 24.3 Å². The predicted molar refractivity (Wildman–Crippen MR) is 80.4 cm³/mol. The Morgan fingerprint density at radius 3 is 1.92 bits per heavy atom. The Labute approximate surface area is 122 Å². The average molecular weight is 532 g/mol. The normalized spacial score (nSPS) is 11.4. The first-order valence-electron chi connectivity index (χ1n) is 3.28. The average Bonchev–Trinajstić information content (AvgIpc) is 2.03. The Hall–Kier alpha value is 1.37. The highest BCUT2D eigenvalue weighted by Gasteiger charge is 2.19. The number of benzene rings is 1. The number of hydrogen-bond acceptors (Lipinski definition) is 1. The minimum Gasteiger partial charge on any atom is -0.276 e. The second-order valence-electron chi connectivity index (χ2n) is 2.35. The second kappa shape index (κ2) is 4.93. The Morgan fingerprint density at radius 2 is 1.62 bits per heavy atom. The number of hydrogen-bond donors (Lipinski definition) is 0. The van der Waals surface area contributed by atoms with Crippen molar-refractivity contribution in [3.63, 3.8) is 0 Å². The molecule has 0 aliphatic rings. The zero-order valence-corrected chi connectivity index (χ0v) is 13.5. The van der Waals surface area contributed by atoms with E-state index in [-0.39, 0.29) is -0.565 Å². The molecule has 0 fully saturated rings. The van der Waals surface area contributed by atoms with Gasteiger partial charge in [-0.2, -0.15) is 0 Å². The molecule has 0 N–H and O–H groups in total. The Bertz CT molecular complexity index is 315. The van der Waals surface area contributed by atoms with E-state index >= 15 is 0 Å². The van der Waals surface area contributed by atoms with Gasteiger partial charge >= 0.3 is 0 Å². The smallest absolute Gasteiger partial charge is 0.252 e. The summed E-state index contributed by atoms with van der Waals surface area (Å²) < 4.78 is 0.0289. The lowest BCUT2D eigenvalue weighted by Crippen LogP contribution is -1.97. The highest BCUT2D eigenvalue weighted by Crippen LogP contribution is 2.45. The van der Waals surface area contributed by atoms with Crippen LogP contribution >= 0.6 is 79.4 Å². The summed E-state index contributed by atoms with van der Waals surface area (Å²) in [6, 6.07) is 7.33. The van der Waals surface area contributed by atoms with Crippen LogP contribution in [0.25, 0.3) is 0 Å². The van der Waals surface area contributed by atoms with E-state index in [9.17, 15) is 4.79 Å². The van der Waals surface area contributed by atoms with Crippen LogP contribution in [0, 0.1) is 0 Å². The van der Waals surface area contributed by atoms with Gasteiger partial charge in [-0.05, 0) is 97.1 Å². The fourth-order valence-electron chi connectivity index (χ4n) is 0.790. The number of carbonyl (C=O) groups is 1. The van der Waals surface area contributed by atoms with Gasteiger partial charge in [-0.15, -0.1) is 0 Å². The highest BCUT2D eigenvalue weighted by molar-refractivity contribution is 14.3. The molecule has 0 spiro atoms. The summed E-state index contributed by atoms with van der Waals surface area (Å²) in [6.07, 6.45) is 0. The van der Waals surface area contributed by atoms with Crippen LogP contribution < -0.4 is 0 Å². The molecule has 0 aromatic heterocycles. The molecule has 0 saturated heterocycles. The molecular weight excluding hydrogens is 528 g/mol.